The molecule has 27 nitrogen and oxygen atoms in total. The first-order valence-electron chi connectivity index (χ1n) is 34.7. The number of ether oxygens (including phenoxy) is 25. The lowest BCUT2D eigenvalue weighted by atomic mass is 9.80. The van der Waals surface area contributed by atoms with Gasteiger partial charge in [-0.25, -0.2) is 0 Å². The summed E-state index contributed by atoms with van der Waals surface area (Å²) < 4.78 is 137. The molecule has 0 amide bonds. The zero-order chi connectivity index (χ0) is 71.8. The van der Waals surface area contributed by atoms with E-state index >= 15 is 0 Å². The topological polar surface area (TPSA) is 265 Å². The van der Waals surface area contributed by atoms with Gasteiger partial charge in [0.2, 0.25) is 3.79 Å². The van der Waals surface area contributed by atoms with E-state index < -0.39 is 27.6 Å². The van der Waals surface area contributed by atoms with Crippen molar-refractivity contribution in [3.8, 4) is 0 Å². The molecular weight excluding hydrogens is 1390 g/mol. The first kappa shape index (κ1) is 91.9. The summed E-state index contributed by atoms with van der Waals surface area (Å²) in [6.07, 6.45) is -0.625. The molecule has 30 heteroatoms. The highest BCUT2D eigenvalue weighted by molar-refractivity contribution is 6.76. The predicted molar refractivity (Wildman–Crippen MR) is 375 cm³/mol. The van der Waals surface area contributed by atoms with Gasteiger partial charge in [0, 0.05) is 0 Å². The maximum absolute atomic E-state index is 11.5. The lowest BCUT2D eigenvalue weighted by Crippen LogP contribution is -2.34. The molecule has 0 aromatic heterocycles. The maximum atomic E-state index is 11.5. The van der Waals surface area contributed by atoms with Crippen molar-refractivity contribution in [2.45, 2.75) is 15.8 Å². The van der Waals surface area contributed by atoms with Crippen molar-refractivity contribution in [1.82, 2.24) is 0 Å². The van der Waals surface area contributed by atoms with Crippen molar-refractivity contribution in [2.24, 2.45) is 0 Å². The summed E-state index contributed by atoms with van der Waals surface area (Å²) in [6.45, 7) is 21.1. The van der Waals surface area contributed by atoms with Crippen molar-refractivity contribution < 1.29 is 128 Å². The van der Waals surface area contributed by atoms with Gasteiger partial charge in [0.25, 0.3) is 0 Å². The molecular formula is C71H113Cl3O27. The van der Waals surface area contributed by atoms with E-state index in [1.54, 1.807) is 0 Å². The van der Waals surface area contributed by atoms with Crippen molar-refractivity contribution in [3.05, 3.63) is 108 Å². The minimum Gasteiger partial charge on any atom is -0.463 e. The molecule has 0 unspecified atom stereocenters. The summed E-state index contributed by atoms with van der Waals surface area (Å²) in [5, 5.41) is 0. The van der Waals surface area contributed by atoms with Gasteiger partial charge in [0.15, 0.2) is 5.78 Å². The molecule has 101 heavy (non-hydrogen) atoms. The van der Waals surface area contributed by atoms with Crippen molar-refractivity contribution in [1.29, 1.82) is 0 Å². The highest BCUT2D eigenvalue weighted by atomic mass is 35.6. The van der Waals surface area contributed by atoms with Gasteiger partial charge in [0.05, 0.1) is 311 Å². The largest absolute Gasteiger partial charge is 0.463 e. The van der Waals surface area contributed by atoms with E-state index in [9.17, 15) is 9.59 Å². The predicted octanol–water partition coefficient (Wildman–Crippen LogP) is 6.25. The zero-order valence-electron chi connectivity index (χ0n) is 59.0. The standard InChI is InChI=1S/C71H113Cl3O27/c72-71(73,74)68(75)64-69(76)100-62-60-98-58-56-96-54-52-94-50-48-92-46-44-90-42-40-88-38-36-86-34-32-84-30-28-82-26-24-80-22-20-78-18-16-77-17-19-79-21-23-81-25-27-83-29-31-85-33-35-87-37-39-89-41-43-91-45-47-93-49-51-95-53-55-97-57-59-99-61-63-101-70(65-10-4-1-5-11-65,66-12-6-2-7-13-66)67-14-8-3-9-15-67/h1-15H,16-64H2. The molecule has 0 fully saturated rings. The lowest BCUT2D eigenvalue weighted by Gasteiger charge is -2.36. The van der Waals surface area contributed by atoms with Gasteiger partial charge >= 0.3 is 5.97 Å². The van der Waals surface area contributed by atoms with E-state index in [0.29, 0.717) is 304 Å². The van der Waals surface area contributed by atoms with E-state index in [1.807, 2.05) is 54.6 Å². The van der Waals surface area contributed by atoms with E-state index in [2.05, 4.69) is 36.4 Å². The smallest absolute Gasteiger partial charge is 0.313 e. The second-order valence-corrected chi connectivity index (χ2v) is 23.3. The van der Waals surface area contributed by atoms with Crippen LogP contribution in [0, 0.1) is 0 Å². The first-order valence-corrected chi connectivity index (χ1v) is 35.8. The normalized spacial score (nSPS) is 11.9. The summed E-state index contributed by atoms with van der Waals surface area (Å²) in [7, 11) is 0. The van der Waals surface area contributed by atoms with Gasteiger partial charge in [0.1, 0.15) is 18.6 Å². The third-order valence-corrected chi connectivity index (χ3v) is 14.0. The minimum absolute atomic E-state index is 0.0325. The number of hydrogen-bond donors (Lipinski definition) is 0. The summed E-state index contributed by atoms with van der Waals surface area (Å²) in [4.78, 5) is 23.0. The van der Waals surface area contributed by atoms with Crippen LogP contribution in [0.4, 0.5) is 0 Å². The summed E-state index contributed by atoms with van der Waals surface area (Å²) in [6, 6.07) is 30.9. The van der Waals surface area contributed by atoms with Crippen molar-refractivity contribution in [2.75, 3.05) is 317 Å². The van der Waals surface area contributed by atoms with Gasteiger partial charge in [-0.1, -0.05) is 126 Å². The Bertz CT molecular complexity index is 2140. The number of carbonyl (C=O) groups is 2. The Morgan fingerprint density at radius 3 is 0.525 bits per heavy atom. The fourth-order valence-electron chi connectivity index (χ4n) is 8.46. The Morgan fingerprint density at radius 1 is 0.218 bits per heavy atom. The molecule has 0 saturated carbocycles. The van der Waals surface area contributed by atoms with E-state index in [1.165, 1.54) is 0 Å². The van der Waals surface area contributed by atoms with E-state index in [4.69, 9.17) is 153 Å². The monoisotopic (exact) mass is 1500 g/mol. The summed E-state index contributed by atoms with van der Waals surface area (Å²) >= 11 is 16.2. The molecule has 0 bridgehead atoms. The molecule has 0 aliphatic rings. The highest BCUT2D eigenvalue weighted by Crippen LogP contribution is 2.40. The van der Waals surface area contributed by atoms with Crippen LogP contribution in [0.2, 0.25) is 0 Å². The van der Waals surface area contributed by atoms with E-state index in [0.717, 1.165) is 16.7 Å². The second-order valence-electron chi connectivity index (χ2n) is 21.0. The first-order chi connectivity index (χ1) is 49.8. The zero-order valence-corrected chi connectivity index (χ0v) is 61.2. The van der Waals surface area contributed by atoms with Gasteiger partial charge in [-0.15, -0.1) is 0 Å². The second kappa shape index (κ2) is 69.7. The van der Waals surface area contributed by atoms with Crippen LogP contribution in [0.1, 0.15) is 23.1 Å². The Balaban J connectivity index is 0.875. The average molecular weight is 1510 g/mol. The van der Waals surface area contributed by atoms with Crippen LogP contribution in [-0.2, 0) is 134 Å². The van der Waals surface area contributed by atoms with Crippen LogP contribution in [0.3, 0.4) is 0 Å². The molecule has 580 valence electrons. The highest BCUT2D eigenvalue weighted by Gasteiger charge is 2.37. The minimum atomic E-state index is -2.15. The van der Waals surface area contributed by atoms with Gasteiger partial charge in [-0.2, -0.15) is 0 Å². The number of rotatable bonds is 78. The molecule has 3 aromatic carbocycles. The Morgan fingerprint density at radius 2 is 0.366 bits per heavy atom. The molecule has 0 N–H and O–H groups in total. The van der Waals surface area contributed by atoms with Crippen LogP contribution in [0.5, 0.6) is 0 Å². The van der Waals surface area contributed by atoms with Gasteiger partial charge in [-0.05, 0) is 16.7 Å². The number of hydrogen-bond acceptors (Lipinski definition) is 27. The third kappa shape index (κ3) is 54.9. The van der Waals surface area contributed by atoms with Crippen molar-refractivity contribution in [3.63, 3.8) is 0 Å². The Kier molecular flexibility index (Phi) is 63.5. The molecule has 0 radical (unpaired) electrons. The number of ketones is 1. The van der Waals surface area contributed by atoms with Crippen LogP contribution in [0.25, 0.3) is 0 Å². The van der Waals surface area contributed by atoms with Crippen LogP contribution < -0.4 is 0 Å². The lowest BCUT2D eigenvalue weighted by molar-refractivity contribution is -0.147. The molecule has 0 heterocycles. The fourth-order valence-corrected chi connectivity index (χ4v) is 8.66. The number of esters is 1. The summed E-state index contributed by atoms with van der Waals surface area (Å²) in [5.41, 5.74) is 2.41. The molecule has 0 spiro atoms. The van der Waals surface area contributed by atoms with E-state index in [-0.39, 0.29) is 13.2 Å². The number of halogens is 3. The Labute approximate surface area is 612 Å². The molecule has 0 saturated heterocycles. The quantitative estimate of drug-likeness (QED) is 0.0199. The average Bonchev–Trinajstić information content (AvgIpc) is 0.761. The molecule has 0 aliphatic carbocycles. The SMILES string of the molecule is O=C(CC(=O)C(Cl)(Cl)Cl)OCCOCCOCCOCCOCCOCCOCCOCCOCCOCCOCCOCCOCCOCCOCCOCCOCCOCCOCCOCCOCCOCCOCCOCCOC(c1ccccc1)(c1ccccc1)c1ccccc1. The Hall–Kier alpha value is -3.29. The summed E-state index contributed by atoms with van der Waals surface area (Å²) in [5.74, 6) is -1.65. The van der Waals surface area contributed by atoms with Crippen LogP contribution >= 0.6 is 34.8 Å². The number of Topliss-reactive ketones (excluding diaryl/α,β-unsaturated/α-hetero) is 1. The van der Waals surface area contributed by atoms with Gasteiger partial charge < -0.3 is 118 Å². The van der Waals surface area contributed by atoms with Gasteiger partial charge in [-0.3, -0.25) is 9.59 Å². The molecule has 0 aliphatic heterocycles. The number of carbonyl (C=O) groups excluding carboxylic acids is 2. The van der Waals surface area contributed by atoms with Crippen LogP contribution in [0.15, 0.2) is 91.0 Å². The number of alkyl halides is 3. The number of benzene rings is 3. The fraction of sp³-hybridized carbons (Fsp3) is 0.718. The van der Waals surface area contributed by atoms with Crippen molar-refractivity contribution >= 4 is 46.6 Å². The third-order valence-electron chi connectivity index (χ3n) is 13.4. The van der Waals surface area contributed by atoms with Crippen LogP contribution in [-0.4, -0.2) is 333 Å². The maximum Gasteiger partial charge on any atom is 0.313 e. The molecule has 0 atom stereocenters. The molecule has 3 rings (SSSR count). The molecule has 3 aromatic rings.